The molecular weight excluding hydrogens is 709 g/mol. The Kier molecular flexibility index (Phi) is 8.41. The van der Waals surface area contributed by atoms with E-state index in [9.17, 15) is 0 Å². The molecule has 280 valence electrons. The van der Waals surface area contributed by atoms with Gasteiger partial charge in [-0.25, -0.2) is 9.97 Å². The van der Waals surface area contributed by atoms with Crippen LogP contribution in [-0.4, -0.2) is 19.1 Å². The molecule has 0 spiro atoms. The third-order valence-electron chi connectivity index (χ3n) is 11.5. The van der Waals surface area contributed by atoms with Gasteiger partial charge in [0.25, 0.3) is 0 Å². The van der Waals surface area contributed by atoms with Crippen molar-refractivity contribution in [3.05, 3.63) is 199 Å². The van der Waals surface area contributed by atoms with Gasteiger partial charge in [-0.3, -0.25) is 9.13 Å². The molecule has 0 aliphatic carbocycles. The van der Waals surface area contributed by atoms with Crippen LogP contribution in [0.5, 0.6) is 0 Å². The lowest BCUT2D eigenvalue weighted by Gasteiger charge is -2.35. The summed E-state index contributed by atoms with van der Waals surface area (Å²) in [4.78, 5) is 9.24. The molecule has 6 heteroatoms. The van der Waals surface area contributed by atoms with E-state index in [1.165, 1.54) is 55.1 Å². The van der Waals surface area contributed by atoms with E-state index in [1.54, 1.807) is 0 Å². The molecule has 0 bridgehead atoms. The second-order valence-corrected chi connectivity index (χ2v) is 15.5. The van der Waals surface area contributed by atoms with Crippen LogP contribution in [0, 0.1) is 0 Å². The lowest BCUT2D eigenvalue weighted by Crippen LogP contribution is -2.25. The highest BCUT2D eigenvalue weighted by molar-refractivity contribution is 6.11. The molecule has 0 atom stereocenters. The van der Waals surface area contributed by atoms with Gasteiger partial charge in [0.1, 0.15) is 11.6 Å². The molecule has 0 unspecified atom stereocenters. The largest absolute Gasteiger partial charge is 0.355 e. The first-order chi connectivity index (χ1) is 28.4. The van der Waals surface area contributed by atoms with Crippen molar-refractivity contribution in [2.45, 2.75) is 26.2 Å². The van der Waals surface area contributed by atoms with E-state index in [2.05, 4.69) is 171 Å². The fraction of sp³-hybridized carbons (Fsp3) is 0.0769. The molecule has 1 aliphatic heterocycles. The monoisotopic (exact) mass is 750 g/mol. The molecule has 0 amide bonds. The highest BCUT2D eigenvalue weighted by Gasteiger charge is 2.33. The zero-order valence-electron chi connectivity index (χ0n) is 32.7. The van der Waals surface area contributed by atoms with Gasteiger partial charge in [-0.1, -0.05) is 111 Å². The van der Waals surface area contributed by atoms with Crippen molar-refractivity contribution >= 4 is 71.9 Å². The summed E-state index contributed by atoms with van der Waals surface area (Å²) in [6.45, 7) is 10.8. The number of hydrogen-bond acceptors (Lipinski definition) is 4. The summed E-state index contributed by atoms with van der Waals surface area (Å²) < 4.78 is 4.49. The number of hydrogen-bond donors (Lipinski definition) is 2. The molecule has 0 radical (unpaired) electrons. The Morgan fingerprint density at radius 1 is 0.534 bits per heavy atom. The normalized spacial score (nSPS) is 12.7. The van der Waals surface area contributed by atoms with E-state index in [1.807, 2.05) is 61.8 Å². The Morgan fingerprint density at radius 2 is 1.10 bits per heavy atom. The Hall–Kier alpha value is -7.44. The molecule has 2 N–H and O–H groups in total. The quantitative estimate of drug-likeness (QED) is 0.184. The molecule has 11 rings (SSSR count). The Morgan fingerprint density at radius 3 is 1.78 bits per heavy atom. The first-order valence-electron chi connectivity index (χ1n) is 19.7. The van der Waals surface area contributed by atoms with E-state index in [-0.39, 0.29) is 5.41 Å². The molecule has 0 fully saturated rings. The van der Waals surface area contributed by atoms with Crippen molar-refractivity contribution in [2.24, 2.45) is 0 Å². The molecular formula is C52H42N6. The van der Waals surface area contributed by atoms with Crippen molar-refractivity contribution in [3.8, 4) is 11.6 Å². The minimum absolute atomic E-state index is 0.0699. The maximum atomic E-state index is 4.64. The van der Waals surface area contributed by atoms with Gasteiger partial charge in [0.05, 0.1) is 22.1 Å². The van der Waals surface area contributed by atoms with E-state index in [0.717, 1.165) is 45.2 Å². The van der Waals surface area contributed by atoms with Crippen LogP contribution < -0.4 is 10.6 Å². The second-order valence-electron chi connectivity index (χ2n) is 15.5. The number of pyridine rings is 2. The molecule has 1 aliphatic rings. The summed E-state index contributed by atoms with van der Waals surface area (Å²) in [6.07, 6.45) is 3.69. The average molecular weight is 751 g/mol. The van der Waals surface area contributed by atoms with Gasteiger partial charge in [0, 0.05) is 67.7 Å². The number of nitrogens with one attached hydrogen (secondary N) is 2. The number of benzene rings is 6. The molecule has 10 aromatic rings. The molecule has 6 aromatic carbocycles. The van der Waals surface area contributed by atoms with Crippen LogP contribution in [0.3, 0.4) is 0 Å². The van der Waals surface area contributed by atoms with Gasteiger partial charge >= 0.3 is 0 Å². The molecule has 5 heterocycles. The van der Waals surface area contributed by atoms with E-state index in [0.29, 0.717) is 0 Å². The Balaban J connectivity index is 0.000000141. The SMILES string of the molecule is C=C(C)c1ccccc1Nc1ccc2c3ccccc3n(-c3ccccn3)c2c1.CC1(C)c2ccccc2Nc2cc3c(cc21)c1ccccc1n3-c1ccccn1. The third-order valence-corrected chi connectivity index (χ3v) is 11.5. The number of anilines is 4. The van der Waals surface area contributed by atoms with Gasteiger partial charge < -0.3 is 10.6 Å². The summed E-state index contributed by atoms with van der Waals surface area (Å²) >= 11 is 0. The maximum absolute atomic E-state index is 4.64. The topological polar surface area (TPSA) is 59.7 Å². The van der Waals surface area contributed by atoms with Gasteiger partial charge in [-0.2, -0.15) is 0 Å². The number of para-hydroxylation sites is 4. The number of rotatable bonds is 5. The van der Waals surface area contributed by atoms with Crippen molar-refractivity contribution in [1.29, 1.82) is 0 Å². The molecule has 58 heavy (non-hydrogen) atoms. The first kappa shape index (κ1) is 35.0. The smallest absolute Gasteiger partial charge is 0.137 e. The summed E-state index contributed by atoms with van der Waals surface area (Å²) in [7, 11) is 0. The van der Waals surface area contributed by atoms with Crippen LogP contribution in [0.25, 0.3) is 60.8 Å². The van der Waals surface area contributed by atoms with E-state index in [4.69, 9.17) is 0 Å². The number of fused-ring (bicyclic) bond motifs is 8. The van der Waals surface area contributed by atoms with Gasteiger partial charge in [0.15, 0.2) is 0 Å². The van der Waals surface area contributed by atoms with Crippen LogP contribution in [-0.2, 0) is 5.41 Å². The zero-order chi connectivity index (χ0) is 39.4. The molecule has 6 nitrogen and oxygen atoms in total. The van der Waals surface area contributed by atoms with Crippen LogP contribution in [0.4, 0.5) is 22.7 Å². The van der Waals surface area contributed by atoms with Gasteiger partial charge in [-0.05, 0) is 96.4 Å². The molecule has 0 saturated carbocycles. The Labute approximate surface area is 337 Å². The van der Waals surface area contributed by atoms with Gasteiger partial charge in [-0.15, -0.1) is 0 Å². The van der Waals surface area contributed by atoms with Gasteiger partial charge in [0.2, 0.25) is 0 Å². The molecule has 0 saturated heterocycles. The zero-order valence-corrected chi connectivity index (χ0v) is 32.7. The number of allylic oxidation sites excluding steroid dienone is 1. The Bertz CT molecular complexity index is 3170. The number of nitrogens with zero attached hydrogens (tertiary/aromatic N) is 4. The minimum Gasteiger partial charge on any atom is -0.355 e. The van der Waals surface area contributed by atoms with E-state index >= 15 is 0 Å². The van der Waals surface area contributed by atoms with Crippen molar-refractivity contribution in [3.63, 3.8) is 0 Å². The van der Waals surface area contributed by atoms with Crippen LogP contribution in [0.15, 0.2) is 183 Å². The van der Waals surface area contributed by atoms with Crippen molar-refractivity contribution in [2.75, 3.05) is 10.6 Å². The summed E-state index contributed by atoms with van der Waals surface area (Å²) in [5.74, 6) is 1.85. The predicted octanol–water partition coefficient (Wildman–Crippen LogP) is 13.5. The van der Waals surface area contributed by atoms with Crippen LogP contribution in [0.1, 0.15) is 37.5 Å². The third kappa shape index (κ3) is 5.80. The second kappa shape index (κ2) is 13.9. The summed E-state index contributed by atoms with van der Waals surface area (Å²) in [6, 6.07) is 57.2. The first-order valence-corrected chi connectivity index (χ1v) is 19.7. The predicted molar refractivity (Wildman–Crippen MR) is 243 cm³/mol. The fourth-order valence-corrected chi connectivity index (χ4v) is 8.70. The number of aromatic nitrogens is 4. The standard InChI is InChI=1S/2C26H21N3/c1-26(2)19-10-4-5-11-21(19)28-22-16-24-18(15-20(22)26)17-9-3-6-12-23(17)29(24)25-13-7-8-14-27-25;1-18(2)20-9-3-5-11-23(20)28-19-14-15-22-21-10-4-6-12-24(21)29(25(22)17-19)26-13-7-8-16-27-26/h3-16,28H,1-2H3;3-17,28H,1H2,2H3. The highest BCUT2D eigenvalue weighted by atomic mass is 15.1. The minimum atomic E-state index is -0.0699. The van der Waals surface area contributed by atoms with E-state index < -0.39 is 0 Å². The summed E-state index contributed by atoms with van der Waals surface area (Å²) in [5, 5.41) is 12.2. The average Bonchev–Trinajstić information content (AvgIpc) is 3.76. The lowest BCUT2D eigenvalue weighted by atomic mass is 9.74. The highest BCUT2D eigenvalue weighted by Crippen LogP contribution is 2.48. The lowest BCUT2D eigenvalue weighted by molar-refractivity contribution is 0.639. The van der Waals surface area contributed by atoms with Crippen molar-refractivity contribution < 1.29 is 0 Å². The van der Waals surface area contributed by atoms with Crippen molar-refractivity contribution in [1.82, 2.24) is 19.1 Å². The van der Waals surface area contributed by atoms with Crippen LogP contribution >= 0.6 is 0 Å². The maximum Gasteiger partial charge on any atom is 0.137 e. The fourth-order valence-electron chi connectivity index (χ4n) is 8.70. The molecule has 4 aromatic heterocycles. The summed E-state index contributed by atoms with van der Waals surface area (Å²) in [5.41, 5.74) is 13.8. The van der Waals surface area contributed by atoms with Crippen LogP contribution in [0.2, 0.25) is 0 Å².